The van der Waals surface area contributed by atoms with Gasteiger partial charge in [0.25, 0.3) is 0 Å². The summed E-state index contributed by atoms with van der Waals surface area (Å²) in [5, 5.41) is 0.596. The molecule has 1 saturated heterocycles. The molecular formula is C16H26ClN3. The average Bonchev–Trinajstić information content (AvgIpc) is 2.80. The van der Waals surface area contributed by atoms with Crippen molar-refractivity contribution in [1.82, 2.24) is 9.97 Å². The molecule has 0 bridgehead atoms. The van der Waals surface area contributed by atoms with E-state index in [1.807, 2.05) is 6.92 Å². The third kappa shape index (κ3) is 3.25. The zero-order valence-corrected chi connectivity index (χ0v) is 14.1. The topological polar surface area (TPSA) is 29.0 Å². The first-order valence-corrected chi connectivity index (χ1v) is 8.00. The fraction of sp³-hybridized carbons (Fsp3) is 0.750. The van der Waals surface area contributed by atoms with Gasteiger partial charge in [-0.1, -0.05) is 45.7 Å². The Balaban J connectivity index is 2.30. The molecule has 0 radical (unpaired) electrons. The number of hydrogen-bond acceptors (Lipinski definition) is 3. The summed E-state index contributed by atoms with van der Waals surface area (Å²) in [4.78, 5) is 11.7. The first-order chi connectivity index (χ1) is 9.32. The summed E-state index contributed by atoms with van der Waals surface area (Å²) in [6, 6.07) is 0. The van der Waals surface area contributed by atoms with Gasteiger partial charge in [0.05, 0.1) is 0 Å². The standard InChI is InChI=1S/C16H26ClN3/c1-6-7-12-8-9-20(10-12)14-11(2)13(17)18-15(19-14)16(3,4)5/h12H,6-10H2,1-5H3. The van der Waals surface area contributed by atoms with Crippen molar-refractivity contribution in [2.45, 2.75) is 59.3 Å². The van der Waals surface area contributed by atoms with E-state index in [4.69, 9.17) is 16.6 Å². The summed E-state index contributed by atoms with van der Waals surface area (Å²) in [5.74, 6) is 2.67. The van der Waals surface area contributed by atoms with Crippen molar-refractivity contribution in [1.29, 1.82) is 0 Å². The third-order valence-corrected chi connectivity index (χ3v) is 4.38. The molecule has 0 aromatic carbocycles. The molecular weight excluding hydrogens is 270 g/mol. The zero-order chi connectivity index (χ0) is 14.9. The Kier molecular flexibility index (Phi) is 4.58. The van der Waals surface area contributed by atoms with Gasteiger partial charge in [-0.05, 0) is 25.7 Å². The Morgan fingerprint density at radius 3 is 2.60 bits per heavy atom. The number of hydrogen-bond donors (Lipinski definition) is 0. The molecule has 3 nitrogen and oxygen atoms in total. The molecule has 2 rings (SSSR count). The smallest absolute Gasteiger partial charge is 0.137 e. The number of aromatic nitrogens is 2. The molecule has 1 unspecified atom stereocenters. The number of anilines is 1. The molecule has 4 heteroatoms. The van der Waals surface area contributed by atoms with Crippen molar-refractivity contribution in [3.05, 3.63) is 16.5 Å². The molecule has 1 atom stereocenters. The molecule has 0 aliphatic carbocycles. The van der Waals surface area contributed by atoms with E-state index in [1.54, 1.807) is 0 Å². The van der Waals surface area contributed by atoms with Gasteiger partial charge in [-0.25, -0.2) is 9.97 Å². The molecule has 1 aromatic heterocycles. The lowest BCUT2D eigenvalue weighted by atomic mass is 9.95. The first kappa shape index (κ1) is 15.6. The summed E-state index contributed by atoms with van der Waals surface area (Å²) < 4.78 is 0. The minimum Gasteiger partial charge on any atom is -0.356 e. The Morgan fingerprint density at radius 2 is 2.00 bits per heavy atom. The molecule has 0 N–H and O–H groups in total. The molecule has 1 aliphatic rings. The largest absolute Gasteiger partial charge is 0.356 e. The van der Waals surface area contributed by atoms with E-state index in [-0.39, 0.29) is 5.41 Å². The molecule has 1 aliphatic heterocycles. The highest BCUT2D eigenvalue weighted by atomic mass is 35.5. The number of nitrogens with zero attached hydrogens (tertiary/aromatic N) is 3. The summed E-state index contributed by atoms with van der Waals surface area (Å²) in [5.41, 5.74) is 0.936. The van der Waals surface area contributed by atoms with Crippen LogP contribution in [0.15, 0.2) is 0 Å². The molecule has 0 spiro atoms. The third-order valence-electron chi connectivity index (χ3n) is 4.01. The van der Waals surface area contributed by atoms with E-state index in [9.17, 15) is 0 Å². The minimum atomic E-state index is -0.0748. The van der Waals surface area contributed by atoms with Crippen molar-refractivity contribution >= 4 is 17.4 Å². The second kappa shape index (κ2) is 5.88. The maximum absolute atomic E-state index is 6.32. The van der Waals surface area contributed by atoms with Crippen LogP contribution in [-0.4, -0.2) is 23.1 Å². The zero-order valence-electron chi connectivity index (χ0n) is 13.3. The van der Waals surface area contributed by atoms with E-state index in [0.717, 1.165) is 36.2 Å². The van der Waals surface area contributed by atoms with Crippen LogP contribution >= 0.6 is 11.6 Å². The van der Waals surface area contributed by atoms with Gasteiger partial charge < -0.3 is 4.90 Å². The van der Waals surface area contributed by atoms with Gasteiger partial charge in [-0.3, -0.25) is 0 Å². The molecule has 2 heterocycles. The van der Waals surface area contributed by atoms with E-state index in [1.165, 1.54) is 19.3 Å². The maximum atomic E-state index is 6.32. The highest BCUT2D eigenvalue weighted by Crippen LogP contribution is 2.32. The fourth-order valence-electron chi connectivity index (χ4n) is 2.79. The highest BCUT2D eigenvalue weighted by molar-refractivity contribution is 6.30. The molecule has 1 fully saturated rings. The molecule has 20 heavy (non-hydrogen) atoms. The Hall–Kier alpha value is -0.830. The van der Waals surface area contributed by atoms with Crippen LogP contribution in [0.5, 0.6) is 0 Å². The van der Waals surface area contributed by atoms with E-state index >= 15 is 0 Å². The monoisotopic (exact) mass is 295 g/mol. The Bertz CT molecular complexity index is 479. The van der Waals surface area contributed by atoms with Gasteiger partial charge in [0.15, 0.2) is 0 Å². The van der Waals surface area contributed by atoms with Crippen LogP contribution in [-0.2, 0) is 5.41 Å². The van der Waals surface area contributed by atoms with Crippen LogP contribution in [0.4, 0.5) is 5.82 Å². The molecule has 112 valence electrons. The lowest BCUT2D eigenvalue weighted by Gasteiger charge is -2.24. The lowest BCUT2D eigenvalue weighted by molar-refractivity contribution is 0.527. The second-order valence-electron chi connectivity index (χ2n) is 6.93. The quantitative estimate of drug-likeness (QED) is 0.776. The van der Waals surface area contributed by atoms with Crippen molar-refractivity contribution < 1.29 is 0 Å². The van der Waals surface area contributed by atoms with Crippen LogP contribution in [0, 0.1) is 12.8 Å². The number of rotatable bonds is 3. The highest BCUT2D eigenvalue weighted by Gasteiger charge is 2.27. The van der Waals surface area contributed by atoms with Gasteiger partial charge in [0.2, 0.25) is 0 Å². The van der Waals surface area contributed by atoms with Gasteiger partial charge in [-0.15, -0.1) is 0 Å². The van der Waals surface area contributed by atoms with Crippen LogP contribution in [0.2, 0.25) is 5.15 Å². The van der Waals surface area contributed by atoms with Crippen molar-refractivity contribution in [3.63, 3.8) is 0 Å². The van der Waals surface area contributed by atoms with Gasteiger partial charge >= 0.3 is 0 Å². The van der Waals surface area contributed by atoms with Crippen LogP contribution in [0.3, 0.4) is 0 Å². The summed E-state index contributed by atoms with van der Waals surface area (Å²) in [6.45, 7) is 12.9. The van der Waals surface area contributed by atoms with Crippen molar-refractivity contribution in [2.75, 3.05) is 18.0 Å². The lowest BCUT2D eigenvalue weighted by Crippen LogP contribution is -2.25. The second-order valence-corrected chi connectivity index (χ2v) is 7.28. The van der Waals surface area contributed by atoms with Gasteiger partial charge in [-0.2, -0.15) is 0 Å². The van der Waals surface area contributed by atoms with Gasteiger partial charge in [0, 0.05) is 24.1 Å². The minimum absolute atomic E-state index is 0.0748. The van der Waals surface area contributed by atoms with Gasteiger partial charge in [0.1, 0.15) is 16.8 Å². The Morgan fingerprint density at radius 1 is 1.30 bits per heavy atom. The predicted octanol–water partition coefficient (Wildman–Crippen LogP) is 4.36. The summed E-state index contributed by atoms with van der Waals surface area (Å²) in [6.07, 6.45) is 3.83. The van der Waals surface area contributed by atoms with E-state index in [2.05, 4.69) is 37.6 Å². The molecule has 0 saturated carbocycles. The number of halogens is 1. The SMILES string of the molecule is CCCC1CCN(c2nc(C(C)(C)C)nc(Cl)c2C)C1. The van der Waals surface area contributed by atoms with Crippen LogP contribution in [0.25, 0.3) is 0 Å². The Labute approximate surface area is 127 Å². The average molecular weight is 296 g/mol. The van der Waals surface area contributed by atoms with E-state index in [0.29, 0.717) is 5.15 Å². The normalized spacial score (nSPS) is 19.7. The molecule has 0 amide bonds. The molecule has 1 aromatic rings. The van der Waals surface area contributed by atoms with Crippen molar-refractivity contribution in [2.24, 2.45) is 5.92 Å². The van der Waals surface area contributed by atoms with Crippen LogP contribution in [0.1, 0.15) is 58.3 Å². The summed E-state index contributed by atoms with van der Waals surface area (Å²) >= 11 is 6.32. The van der Waals surface area contributed by atoms with Crippen LogP contribution < -0.4 is 4.90 Å². The predicted molar refractivity (Wildman–Crippen MR) is 85.7 cm³/mol. The summed E-state index contributed by atoms with van der Waals surface area (Å²) in [7, 11) is 0. The fourth-order valence-corrected chi connectivity index (χ4v) is 2.96. The maximum Gasteiger partial charge on any atom is 0.137 e. The van der Waals surface area contributed by atoms with Crippen molar-refractivity contribution in [3.8, 4) is 0 Å². The van der Waals surface area contributed by atoms with E-state index < -0.39 is 0 Å². The first-order valence-electron chi connectivity index (χ1n) is 7.62.